The van der Waals surface area contributed by atoms with Crippen molar-refractivity contribution in [1.29, 1.82) is 0 Å². The van der Waals surface area contributed by atoms with Crippen molar-refractivity contribution in [3.05, 3.63) is 35.1 Å². The zero-order valence-electron chi connectivity index (χ0n) is 10.3. The van der Waals surface area contributed by atoms with E-state index in [1.807, 2.05) is 0 Å². The van der Waals surface area contributed by atoms with Crippen molar-refractivity contribution in [1.82, 2.24) is 5.32 Å². The van der Waals surface area contributed by atoms with Crippen LogP contribution in [0.1, 0.15) is 36.0 Å². The van der Waals surface area contributed by atoms with E-state index in [-0.39, 0.29) is 17.6 Å². The van der Waals surface area contributed by atoms with Crippen molar-refractivity contribution in [2.24, 2.45) is 5.73 Å². The molecule has 6 heteroatoms. The van der Waals surface area contributed by atoms with Gasteiger partial charge in [-0.25, -0.2) is 13.2 Å². The fourth-order valence-corrected chi connectivity index (χ4v) is 2.28. The molecule has 3 nitrogen and oxygen atoms in total. The fourth-order valence-electron chi connectivity index (χ4n) is 2.28. The molecule has 1 saturated carbocycles. The summed E-state index contributed by atoms with van der Waals surface area (Å²) < 4.78 is 38.9. The normalized spacial score (nSPS) is 23.2. The highest BCUT2D eigenvalue weighted by Crippen LogP contribution is 2.18. The molecule has 1 fully saturated rings. The van der Waals surface area contributed by atoms with Gasteiger partial charge in [-0.2, -0.15) is 0 Å². The summed E-state index contributed by atoms with van der Waals surface area (Å²) in [5, 5.41) is 2.64. The third kappa shape index (κ3) is 3.07. The third-order valence-corrected chi connectivity index (χ3v) is 3.38. The third-order valence-electron chi connectivity index (χ3n) is 3.38. The topological polar surface area (TPSA) is 55.1 Å². The van der Waals surface area contributed by atoms with Crippen LogP contribution >= 0.6 is 0 Å². The van der Waals surface area contributed by atoms with Crippen LogP contribution in [0.2, 0.25) is 0 Å². The Kier molecular flexibility index (Phi) is 4.09. The lowest BCUT2D eigenvalue weighted by molar-refractivity contribution is 0.0920. The largest absolute Gasteiger partial charge is 0.348 e. The number of carbonyl (C=O) groups is 1. The summed E-state index contributed by atoms with van der Waals surface area (Å²) >= 11 is 0. The molecule has 0 heterocycles. The zero-order valence-corrected chi connectivity index (χ0v) is 10.3. The first kappa shape index (κ1) is 13.9. The van der Waals surface area contributed by atoms with E-state index in [4.69, 9.17) is 5.73 Å². The maximum Gasteiger partial charge on any atom is 0.251 e. The minimum atomic E-state index is -1.58. The predicted molar refractivity (Wildman–Crippen MR) is 64.0 cm³/mol. The number of halogens is 3. The van der Waals surface area contributed by atoms with Gasteiger partial charge in [0.15, 0.2) is 17.5 Å². The van der Waals surface area contributed by atoms with Crippen LogP contribution in [0.3, 0.4) is 0 Å². The number of carbonyl (C=O) groups excluding carboxylic acids is 1. The minimum Gasteiger partial charge on any atom is -0.348 e. The standard InChI is InChI=1S/C13H15F3N2O/c14-8-5-7(6-9(15)12(8)16)13(19)18-11-4-2-1-3-10(11)17/h5-6,10-11H,1-4,17H2,(H,18,19). The molecule has 1 aliphatic rings. The molecule has 3 N–H and O–H groups in total. The van der Waals surface area contributed by atoms with Gasteiger partial charge in [0.25, 0.3) is 5.91 Å². The van der Waals surface area contributed by atoms with Crippen molar-refractivity contribution in [2.45, 2.75) is 37.8 Å². The Morgan fingerprint density at radius 2 is 1.74 bits per heavy atom. The first-order valence-electron chi connectivity index (χ1n) is 6.20. The van der Waals surface area contributed by atoms with Crippen LogP contribution < -0.4 is 11.1 Å². The van der Waals surface area contributed by atoms with Crippen LogP contribution in [0.5, 0.6) is 0 Å². The summed E-state index contributed by atoms with van der Waals surface area (Å²) in [6, 6.07) is 0.995. The van der Waals surface area contributed by atoms with Crippen molar-refractivity contribution in [3.63, 3.8) is 0 Å². The second kappa shape index (κ2) is 5.61. The summed E-state index contributed by atoms with van der Waals surface area (Å²) in [6.45, 7) is 0. The molecule has 0 bridgehead atoms. The number of hydrogen-bond donors (Lipinski definition) is 2. The summed E-state index contributed by atoms with van der Waals surface area (Å²) in [7, 11) is 0. The summed E-state index contributed by atoms with van der Waals surface area (Å²) in [6.07, 6.45) is 3.49. The van der Waals surface area contributed by atoms with Crippen LogP contribution in [0, 0.1) is 17.5 Å². The molecule has 2 atom stereocenters. The van der Waals surface area contributed by atoms with Gasteiger partial charge in [0.05, 0.1) is 0 Å². The van der Waals surface area contributed by atoms with E-state index in [1.54, 1.807) is 0 Å². The first-order valence-corrected chi connectivity index (χ1v) is 6.20. The molecule has 2 rings (SSSR count). The summed E-state index contributed by atoms with van der Waals surface area (Å²) in [5.41, 5.74) is 5.62. The van der Waals surface area contributed by atoms with E-state index in [0.717, 1.165) is 25.7 Å². The monoisotopic (exact) mass is 272 g/mol. The van der Waals surface area contributed by atoms with Gasteiger partial charge in [-0.1, -0.05) is 12.8 Å². The maximum absolute atomic E-state index is 13.0. The Morgan fingerprint density at radius 3 is 2.32 bits per heavy atom. The van der Waals surface area contributed by atoms with Crippen LogP contribution in [0.15, 0.2) is 12.1 Å². The average molecular weight is 272 g/mol. The van der Waals surface area contributed by atoms with Gasteiger partial charge in [-0.15, -0.1) is 0 Å². The molecule has 1 aromatic rings. The Labute approximate surface area is 109 Å². The van der Waals surface area contributed by atoms with E-state index in [1.165, 1.54) is 0 Å². The fraction of sp³-hybridized carbons (Fsp3) is 0.462. The Hall–Kier alpha value is -1.56. The Balaban J connectivity index is 2.11. The number of rotatable bonds is 2. The Bertz CT molecular complexity index is 470. The predicted octanol–water partition coefficient (Wildman–Crippen LogP) is 2.10. The molecular formula is C13H15F3N2O. The highest BCUT2D eigenvalue weighted by atomic mass is 19.2. The molecule has 2 unspecified atom stereocenters. The molecule has 0 aromatic heterocycles. The van der Waals surface area contributed by atoms with Crippen molar-refractivity contribution in [3.8, 4) is 0 Å². The number of benzene rings is 1. The van der Waals surface area contributed by atoms with E-state index in [0.29, 0.717) is 12.1 Å². The lowest BCUT2D eigenvalue weighted by Gasteiger charge is -2.29. The number of hydrogen-bond acceptors (Lipinski definition) is 2. The van der Waals surface area contributed by atoms with Crippen molar-refractivity contribution < 1.29 is 18.0 Å². The van der Waals surface area contributed by atoms with Gasteiger partial charge < -0.3 is 11.1 Å². The minimum absolute atomic E-state index is 0.159. The lowest BCUT2D eigenvalue weighted by Crippen LogP contribution is -2.49. The summed E-state index contributed by atoms with van der Waals surface area (Å²) in [4.78, 5) is 11.9. The second-order valence-corrected chi connectivity index (χ2v) is 4.78. The average Bonchev–Trinajstić information content (AvgIpc) is 2.38. The first-order chi connectivity index (χ1) is 8.99. The van der Waals surface area contributed by atoms with Crippen LogP contribution in [-0.4, -0.2) is 18.0 Å². The van der Waals surface area contributed by atoms with Gasteiger partial charge in [-0.05, 0) is 25.0 Å². The summed E-state index contributed by atoms with van der Waals surface area (Å²) in [5.74, 6) is -4.97. The number of amides is 1. The molecular weight excluding hydrogens is 257 g/mol. The molecule has 104 valence electrons. The molecule has 0 saturated heterocycles. The van der Waals surface area contributed by atoms with Crippen molar-refractivity contribution >= 4 is 5.91 Å². The number of nitrogens with one attached hydrogen (secondary N) is 1. The van der Waals surface area contributed by atoms with E-state index in [2.05, 4.69) is 5.32 Å². The molecule has 0 aliphatic heterocycles. The van der Waals surface area contributed by atoms with E-state index >= 15 is 0 Å². The molecule has 1 aliphatic carbocycles. The molecule has 1 amide bonds. The smallest absolute Gasteiger partial charge is 0.251 e. The van der Waals surface area contributed by atoms with Crippen molar-refractivity contribution in [2.75, 3.05) is 0 Å². The van der Waals surface area contributed by atoms with Gasteiger partial charge in [0.1, 0.15) is 0 Å². The van der Waals surface area contributed by atoms with Crippen LogP contribution in [0.4, 0.5) is 13.2 Å². The van der Waals surface area contributed by atoms with E-state index in [9.17, 15) is 18.0 Å². The highest BCUT2D eigenvalue weighted by molar-refractivity contribution is 5.94. The van der Waals surface area contributed by atoms with Gasteiger partial charge in [0.2, 0.25) is 0 Å². The van der Waals surface area contributed by atoms with Gasteiger partial charge in [-0.3, -0.25) is 4.79 Å². The second-order valence-electron chi connectivity index (χ2n) is 4.78. The lowest BCUT2D eigenvalue weighted by atomic mass is 9.91. The van der Waals surface area contributed by atoms with E-state index < -0.39 is 23.4 Å². The SMILES string of the molecule is NC1CCCCC1NC(=O)c1cc(F)c(F)c(F)c1. The van der Waals surface area contributed by atoms with Crippen LogP contribution in [-0.2, 0) is 0 Å². The van der Waals surface area contributed by atoms with Gasteiger partial charge in [0, 0.05) is 17.6 Å². The molecule has 1 aromatic carbocycles. The molecule has 19 heavy (non-hydrogen) atoms. The Morgan fingerprint density at radius 1 is 1.16 bits per heavy atom. The zero-order chi connectivity index (χ0) is 14.0. The van der Waals surface area contributed by atoms with Crippen LogP contribution in [0.25, 0.3) is 0 Å². The maximum atomic E-state index is 13.0. The highest BCUT2D eigenvalue weighted by Gasteiger charge is 2.24. The quantitative estimate of drug-likeness (QED) is 0.810. The number of nitrogens with two attached hydrogens (primary N) is 1. The molecule has 0 radical (unpaired) electrons. The molecule has 0 spiro atoms. The van der Waals surface area contributed by atoms with Gasteiger partial charge >= 0.3 is 0 Å².